The number of fused-ring (bicyclic) bond motifs is 1. The van der Waals surface area contributed by atoms with Crippen molar-refractivity contribution in [3.05, 3.63) is 77.4 Å². The lowest BCUT2D eigenvalue weighted by Gasteiger charge is -2.09. The number of nitrogens with zero attached hydrogens (tertiary/aromatic N) is 4. The van der Waals surface area contributed by atoms with E-state index >= 15 is 0 Å². The lowest BCUT2D eigenvalue weighted by atomic mass is 10.0. The molecule has 0 fully saturated rings. The second-order valence-electron chi connectivity index (χ2n) is 7.12. The molecule has 0 bridgehead atoms. The highest BCUT2D eigenvalue weighted by Crippen LogP contribution is 2.23. The van der Waals surface area contributed by atoms with Crippen LogP contribution in [0.15, 0.2) is 54.9 Å². The summed E-state index contributed by atoms with van der Waals surface area (Å²) in [5.74, 6) is -1.38. The van der Waals surface area contributed by atoms with Crippen molar-refractivity contribution in [3.8, 4) is 0 Å². The van der Waals surface area contributed by atoms with Gasteiger partial charge in [-0.1, -0.05) is 42.5 Å². The first-order chi connectivity index (χ1) is 14.4. The molecule has 0 atom stereocenters. The molecule has 0 aliphatic rings. The van der Waals surface area contributed by atoms with Crippen molar-refractivity contribution < 1.29 is 14.7 Å². The largest absolute Gasteiger partial charge is 0.478 e. The zero-order chi connectivity index (χ0) is 21.3. The van der Waals surface area contributed by atoms with Gasteiger partial charge in [0.1, 0.15) is 6.54 Å². The maximum Gasteiger partial charge on any atom is 0.338 e. The van der Waals surface area contributed by atoms with Crippen LogP contribution in [0.3, 0.4) is 0 Å². The molecule has 1 amide bonds. The molecule has 0 spiro atoms. The second kappa shape index (κ2) is 7.82. The Hall–Kier alpha value is -3.94. The fourth-order valence-electron chi connectivity index (χ4n) is 3.51. The number of nitrogens with one attached hydrogen (secondary N) is 1. The molecule has 2 N–H and O–H groups in total. The lowest BCUT2D eigenvalue weighted by Crippen LogP contribution is -2.20. The number of hydrogen-bond acceptors (Lipinski definition) is 4. The van der Waals surface area contributed by atoms with Crippen molar-refractivity contribution in [3.63, 3.8) is 0 Å². The van der Waals surface area contributed by atoms with Crippen LogP contribution in [0.4, 0.5) is 5.69 Å². The number of anilines is 1. The van der Waals surface area contributed by atoms with E-state index in [1.54, 1.807) is 0 Å². The Labute approximate surface area is 172 Å². The van der Waals surface area contributed by atoms with Crippen molar-refractivity contribution in [2.75, 3.05) is 5.32 Å². The van der Waals surface area contributed by atoms with Crippen molar-refractivity contribution in [1.29, 1.82) is 0 Å². The van der Waals surface area contributed by atoms with Gasteiger partial charge in [0, 0.05) is 6.20 Å². The van der Waals surface area contributed by atoms with Gasteiger partial charge in [0.25, 0.3) is 0 Å². The van der Waals surface area contributed by atoms with E-state index in [4.69, 9.17) is 5.11 Å². The summed E-state index contributed by atoms with van der Waals surface area (Å²) in [5.41, 5.74) is 3.41. The van der Waals surface area contributed by atoms with Crippen LogP contribution < -0.4 is 5.32 Å². The highest BCUT2D eigenvalue weighted by molar-refractivity contribution is 5.92. The number of carbonyl (C=O) groups excluding carboxylic acids is 1. The Balaban J connectivity index is 1.53. The van der Waals surface area contributed by atoms with Crippen molar-refractivity contribution in [1.82, 2.24) is 19.6 Å². The number of carbonyl (C=O) groups is 2. The number of aromatic carboxylic acids is 1. The van der Waals surface area contributed by atoms with E-state index in [-0.39, 0.29) is 18.0 Å². The molecular formula is C22H21N5O3. The van der Waals surface area contributed by atoms with Gasteiger partial charge >= 0.3 is 5.97 Å². The predicted molar refractivity (Wildman–Crippen MR) is 113 cm³/mol. The maximum absolute atomic E-state index is 12.5. The van der Waals surface area contributed by atoms with E-state index in [0.29, 0.717) is 17.9 Å². The third-order valence-corrected chi connectivity index (χ3v) is 5.03. The van der Waals surface area contributed by atoms with Crippen LogP contribution in [0.1, 0.15) is 27.3 Å². The van der Waals surface area contributed by atoms with E-state index in [0.717, 1.165) is 11.3 Å². The third-order valence-electron chi connectivity index (χ3n) is 5.03. The molecule has 2 aromatic heterocycles. The van der Waals surface area contributed by atoms with Crippen molar-refractivity contribution in [2.45, 2.75) is 26.9 Å². The monoisotopic (exact) mass is 403 g/mol. The predicted octanol–water partition coefficient (Wildman–Crippen LogP) is 3.23. The van der Waals surface area contributed by atoms with Gasteiger partial charge in [-0.3, -0.25) is 14.2 Å². The zero-order valence-corrected chi connectivity index (χ0v) is 16.7. The van der Waals surface area contributed by atoms with Gasteiger partial charge in [0.15, 0.2) is 0 Å². The molecule has 2 aromatic carbocycles. The maximum atomic E-state index is 12.5. The van der Waals surface area contributed by atoms with E-state index in [9.17, 15) is 9.59 Å². The topological polar surface area (TPSA) is 102 Å². The van der Waals surface area contributed by atoms with Gasteiger partial charge in [0.05, 0.1) is 35.4 Å². The molecule has 152 valence electrons. The molecule has 4 rings (SSSR count). The van der Waals surface area contributed by atoms with E-state index < -0.39 is 5.97 Å². The number of rotatable bonds is 6. The number of carboxylic acids is 1. The van der Waals surface area contributed by atoms with Gasteiger partial charge in [-0.25, -0.2) is 4.79 Å². The van der Waals surface area contributed by atoms with Crippen LogP contribution in [0.5, 0.6) is 0 Å². The number of hydrogen-bond donors (Lipinski definition) is 2. The van der Waals surface area contributed by atoms with Crippen LogP contribution >= 0.6 is 0 Å². The summed E-state index contributed by atoms with van der Waals surface area (Å²) in [7, 11) is 0. The fourth-order valence-corrected chi connectivity index (χ4v) is 3.51. The molecular weight excluding hydrogens is 382 g/mol. The first-order valence-corrected chi connectivity index (χ1v) is 9.48. The summed E-state index contributed by atoms with van der Waals surface area (Å²) >= 11 is 0. The Kier molecular flexibility index (Phi) is 5.05. The van der Waals surface area contributed by atoms with E-state index in [1.165, 1.54) is 27.8 Å². The van der Waals surface area contributed by atoms with Gasteiger partial charge < -0.3 is 10.4 Å². The minimum atomic E-state index is -1.08. The Morgan fingerprint density at radius 2 is 1.87 bits per heavy atom. The smallest absolute Gasteiger partial charge is 0.338 e. The van der Waals surface area contributed by atoms with Crippen LogP contribution in [0.2, 0.25) is 0 Å². The van der Waals surface area contributed by atoms with Crippen molar-refractivity contribution >= 4 is 28.3 Å². The van der Waals surface area contributed by atoms with Gasteiger partial charge in [-0.15, -0.1) is 0 Å². The SMILES string of the molecule is Cc1nn(Cc2cccc3ccccc23)c(C)c1NC(=O)Cn1cc(C(=O)O)cn1. The fraction of sp³-hybridized carbons (Fsp3) is 0.182. The van der Waals surface area contributed by atoms with Crippen LogP contribution in [-0.4, -0.2) is 36.5 Å². The second-order valence-corrected chi connectivity index (χ2v) is 7.12. The van der Waals surface area contributed by atoms with Crippen LogP contribution in [0, 0.1) is 13.8 Å². The first-order valence-electron chi connectivity index (χ1n) is 9.48. The van der Waals surface area contributed by atoms with Crippen LogP contribution in [-0.2, 0) is 17.9 Å². The molecule has 0 saturated heterocycles. The number of aromatic nitrogens is 4. The highest BCUT2D eigenvalue weighted by atomic mass is 16.4. The summed E-state index contributed by atoms with van der Waals surface area (Å²) < 4.78 is 3.17. The molecule has 0 aliphatic carbocycles. The van der Waals surface area contributed by atoms with E-state index in [2.05, 4.69) is 39.8 Å². The summed E-state index contributed by atoms with van der Waals surface area (Å²) in [4.78, 5) is 23.4. The van der Waals surface area contributed by atoms with Crippen LogP contribution in [0.25, 0.3) is 10.8 Å². The molecule has 4 aromatic rings. The molecule has 8 nitrogen and oxygen atoms in total. The molecule has 0 radical (unpaired) electrons. The Bertz CT molecular complexity index is 1250. The number of carboxylic acid groups (broad SMARTS) is 1. The highest BCUT2D eigenvalue weighted by Gasteiger charge is 2.16. The average Bonchev–Trinajstić information content (AvgIpc) is 3.29. The van der Waals surface area contributed by atoms with Gasteiger partial charge in [-0.2, -0.15) is 10.2 Å². The molecule has 2 heterocycles. The number of benzene rings is 2. The Morgan fingerprint density at radius 1 is 1.10 bits per heavy atom. The first kappa shape index (κ1) is 19.4. The van der Waals surface area contributed by atoms with Gasteiger partial charge in [0.2, 0.25) is 5.91 Å². The standard InChI is InChI=1S/C22H21N5O3/c1-14-21(24-20(28)13-26-11-18(10-23-26)22(29)30)15(2)27(25-14)12-17-8-5-7-16-6-3-4-9-19(16)17/h3-11H,12-13H2,1-2H3,(H,24,28)(H,29,30). The molecule has 30 heavy (non-hydrogen) atoms. The molecule has 0 aliphatic heterocycles. The number of aryl methyl sites for hydroxylation is 1. The lowest BCUT2D eigenvalue weighted by molar-refractivity contribution is -0.116. The summed E-state index contributed by atoms with van der Waals surface area (Å²) in [6.07, 6.45) is 2.54. The average molecular weight is 403 g/mol. The molecule has 0 unspecified atom stereocenters. The minimum absolute atomic E-state index is 0.0399. The summed E-state index contributed by atoms with van der Waals surface area (Å²) in [6.45, 7) is 4.27. The zero-order valence-electron chi connectivity index (χ0n) is 16.7. The summed E-state index contributed by atoms with van der Waals surface area (Å²) in [5, 5.41) is 22.7. The van der Waals surface area contributed by atoms with Gasteiger partial charge in [-0.05, 0) is 30.2 Å². The minimum Gasteiger partial charge on any atom is -0.478 e. The van der Waals surface area contributed by atoms with Crippen molar-refractivity contribution in [2.24, 2.45) is 0 Å². The quantitative estimate of drug-likeness (QED) is 0.515. The molecule has 8 heteroatoms. The summed E-state index contributed by atoms with van der Waals surface area (Å²) in [6, 6.07) is 14.4. The Morgan fingerprint density at radius 3 is 2.63 bits per heavy atom. The normalized spacial score (nSPS) is 11.0. The molecule has 0 saturated carbocycles. The number of amides is 1. The third kappa shape index (κ3) is 3.80. The van der Waals surface area contributed by atoms with E-state index in [1.807, 2.05) is 36.7 Å².